The summed E-state index contributed by atoms with van der Waals surface area (Å²) in [6.45, 7) is 5.31. The lowest BCUT2D eigenvalue weighted by molar-refractivity contribution is -0.121. The van der Waals surface area contributed by atoms with E-state index < -0.39 is 16.1 Å². The SMILES string of the molecule is Cc1cnc2c(S(=O)(=O)N3CCN(C(C)C(=O)Nc4cccc5ncccc45)CC3)cccc2c1. The second-order valence-electron chi connectivity index (χ2n) is 8.82. The minimum Gasteiger partial charge on any atom is -0.324 e. The smallest absolute Gasteiger partial charge is 0.245 e. The summed E-state index contributed by atoms with van der Waals surface area (Å²) in [5.74, 6) is -0.133. The molecule has 0 saturated carbocycles. The van der Waals surface area contributed by atoms with Crippen LogP contribution in [0.3, 0.4) is 0 Å². The number of sulfonamides is 1. The van der Waals surface area contributed by atoms with E-state index in [1.807, 2.05) is 61.2 Å². The van der Waals surface area contributed by atoms with Crippen LogP contribution in [0.1, 0.15) is 12.5 Å². The van der Waals surface area contributed by atoms with Crippen molar-refractivity contribution in [3.8, 4) is 0 Å². The summed E-state index contributed by atoms with van der Waals surface area (Å²) in [7, 11) is -3.71. The van der Waals surface area contributed by atoms with E-state index in [1.54, 1.807) is 24.5 Å². The molecule has 5 rings (SSSR count). The Morgan fingerprint density at radius 1 is 1.00 bits per heavy atom. The first-order chi connectivity index (χ1) is 16.8. The van der Waals surface area contributed by atoms with Crippen LogP contribution in [-0.4, -0.2) is 65.7 Å². The molecule has 35 heavy (non-hydrogen) atoms. The number of pyridine rings is 2. The molecule has 0 radical (unpaired) electrons. The summed E-state index contributed by atoms with van der Waals surface area (Å²) in [5.41, 5.74) is 2.99. The van der Waals surface area contributed by atoms with E-state index in [2.05, 4.69) is 15.3 Å². The number of hydrogen-bond donors (Lipinski definition) is 1. The molecule has 180 valence electrons. The zero-order chi connectivity index (χ0) is 24.6. The highest BCUT2D eigenvalue weighted by Crippen LogP contribution is 2.26. The van der Waals surface area contributed by atoms with Gasteiger partial charge in [0, 0.05) is 49.3 Å². The van der Waals surface area contributed by atoms with E-state index >= 15 is 0 Å². The fourth-order valence-corrected chi connectivity index (χ4v) is 6.12. The van der Waals surface area contributed by atoms with Crippen LogP contribution in [-0.2, 0) is 14.8 Å². The van der Waals surface area contributed by atoms with Crippen molar-refractivity contribution in [1.29, 1.82) is 0 Å². The predicted octanol–water partition coefficient (Wildman–Crippen LogP) is 3.42. The van der Waals surface area contributed by atoms with Gasteiger partial charge in [-0.2, -0.15) is 4.31 Å². The Labute approximate surface area is 204 Å². The van der Waals surface area contributed by atoms with Gasteiger partial charge in [0.1, 0.15) is 4.90 Å². The minimum absolute atomic E-state index is 0.133. The number of nitrogens with zero attached hydrogens (tertiary/aromatic N) is 4. The number of rotatable bonds is 5. The molecule has 0 spiro atoms. The summed E-state index contributed by atoms with van der Waals surface area (Å²) in [5, 5.41) is 4.70. The number of benzene rings is 2. The topological polar surface area (TPSA) is 95.5 Å². The van der Waals surface area contributed by atoms with Crippen LogP contribution >= 0.6 is 0 Å². The molecule has 3 heterocycles. The van der Waals surface area contributed by atoms with Crippen molar-refractivity contribution >= 4 is 43.4 Å². The monoisotopic (exact) mass is 489 g/mol. The molecule has 1 atom stereocenters. The number of anilines is 1. The van der Waals surface area contributed by atoms with Gasteiger partial charge in [-0.05, 0) is 55.8 Å². The number of aryl methyl sites for hydroxylation is 1. The largest absolute Gasteiger partial charge is 0.324 e. The number of piperazine rings is 1. The van der Waals surface area contributed by atoms with E-state index in [0.717, 1.165) is 21.9 Å². The van der Waals surface area contributed by atoms with Gasteiger partial charge < -0.3 is 5.32 Å². The number of para-hydroxylation sites is 1. The normalized spacial score (nSPS) is 16.4. The first kappa shape index (κ1) is 23.3. The molecule has 8 nitrogen and oxygen atoms in total. The van der Waals surface area contributed by atoms with Crippen molar-refractivity contribution in [3.05, 3.63) is 72.6 Å². The van der Waals surface area contributed by atoms with Crippen LogP contribution in [0.25, 0.3) is 21.8 Å². The van der Waals surface area contributed by atoms with Crippen LogP contribution in [0.5, 0.6) is 0 Å². The molecule has 1 aliphatic heterocycles. The van der Waals surface area contributed by atoms with Gasteiger partial charge in [0.05, 0.1) is 22.8 Å². The highest BCUT2D eigenvalue weighted by molar-refractivity contribution is 7.89. The standard InChI is InChI=1S/C26H27N5O3S/c1-18-16-20-6-3-10-24(25(20)28-17-18)35(33,34)31-14-12-30(13-15-31)19(2)26(32)29-23-9-4-8-22-21(23)7-5-11-27-22/h3-11,16-17,19H,12-15H2,1-2H3,(H,29,32). The first-order valence-electron chi connectivity index (χ1n) is 11.6. The zero-order valence-corrected chi connectivity index (χ0v) is 20.5. The van der Waals surface area contributed by atoms with E-state index in [4.69, 9.17) is 0 Å². The number of aromatic nitrogens is 2. The molecule has 0 aliphatic carbocycles. The van der Waals surface area contributed by atoms with Gasteiger partial charge in [-0.3, -0.25) is 19.7 Å². The Morgan fingerprint density at radius 3 is 2.57 bits per heavy atom. The lowest BCUT2D eigenvalue weighted by Crippen LogP contribution is -2.53. The Kier molecular flexibility index (Phi) is 6.22. The second-order valence-corrected chi connectivity index (χ2v) is 10.7. The molecule has 2 aromatic heterocycles. The third-order valence-electron chi connectivity index (χ3n) is 6.53. The summed E-state index contributed by atoms with van der Waals surface area (Å²) in [4.78, 5) is 24.0. The maximum Gasteiger partial charge on any atom is 0.245 e. The van der Waals surface area contributed by atoms with Gasteiger partial charge in [0.2, 0.25) is 15.9 Å². The van der Waals surface area contributed by atoms with Gasteiger partial charge in [-0.15, -0.1) is 0 Å². The Balaban J connectivity index is 1.28. The van der Waals surface area contributed by atoms with Crippen LogP contribution in [0.15, 0.2) is 71.9 Å². The molecule has 1 amide bonds. The van der Waals surface area contributed by atoms with E-state index in [1.165, 1.54) is 4.31 Å². The lowest BCUT2D eigenvalue weighted by atomic mass is 10.1. The van der Waals surface area contributed by atoms with Crippen molar-refractivity contribution in [2.45, 2.75) is 24.8 Å². The third kappa shape index (κ3) is 4.50. The molecule has 2 aromatic carbocycles. The molecule has 4 aromatic rings. The second kappa shape index (κ2) is 9.33. The van der Waals surface area contributed by atoms with Crippen LogP contribution < -0.4 is 5.32 Å². The summed E-state index contributed by atoms with van der Waals surface area (Å²) in [6, 6.07) is 16.2. The van der Waals surface area contributed by atoms with E-state index in [9.17, 15) is 13.2 Å². The number of carbonyl (C=O) groups is 1. The quantitative estimate of drug-likeness (QED) is 0.462. The fraction of sp³-hybridized carbons (Fsp3) is 0.269. The number of amides is 1. The van der Waals surface area contributed by atoms with Gasteiger partial charge in [-0.1, -0.05) is 18.2 Å². The van der Waals surface area contributed by atoms with E-state index in [-0.39, 0.29) is 10.8 Å². The van der Waals surface area contributed by atoms with Crippen molar-refractivity contribution in [2.75, 3.05) is 31.5 Å². The van der Waals surface area contributed by atoms with Crippen LogP contribution in [0.4, 0.5) is 5.69 Å². The fourth-order valence-electron chi connectivity index (χ4n) is 4.54. The average molecular weight is 490 g/mol. The molecule has 1 fully saturated rings. The van der Waals surface area contributed by atoms with Gasteiger partial charge in [-0.25, -0.2) is 8.42 Å². The molecule has 1 saturated heterocycles. The average Bonchev–Trinajstić information content (AvgIpc) is 2.88. The lowest BCUT2D eigenvalue weighted by Gasteiger charge is -2.36. The molecule has 1 N–H and O–H groups in total. The molecular weight excluding hydrogens is 462 g/mol. The molecule has 1 aliphatic rings. The molecule has 0 bridgehead atoms. The summed E-state index contributed by atoms with van der Waals surface area (Å²) in [6.07, 6.45) is 3.41. The molecular formula is C26H27N5O3S. The van der Waals surface area contributed by atoms with Crippen molar-refractivity contribution in [1.82, 2.24) is 19.2 Å². The first-order valence-corrected chi connectivity index (χ1v) is 13.0. The van der Waals surface area contributed by atoms with Crippen LogP contribution in [0.2, 0.25) is 0 Å². The Bertz CT molecular complexity index is 1510. The maximum absolute atomic E-state index is 13.4. The Hall–Kier alpha value is -3.40. The number of carbonyl (C=O) groups excluding carboxylic acids is 1. The number of nitrogens with one attached hydrogen (secondary N) is 1. The molecule has 9 heteroatoms. The zero-order valence-electron chi connectivity index (χ0n) is 19.7. The number of hydrogen-bond acceptors (Lipinski definition) is 6. The van der Waals surface area contributed by atoms with Gasteiger partial charge in [0.25, 0.3) is 0 Å². The summed E-state index contributed by atoms with van der Waals surface area (Å²) >= 11 is 0. The van der Waals surface area contributed by atoms with Gasteiger partial charge in [0.15, 0.2) is 0 Å². The third-order valence-corrected chi connectivity index (χ3v) is 8.46. The van der Waals surface area contributed by atoms with Crippen molar-refractivity contribution in [2.24, 2.45) is 0 Å². The predicted molar refractivity (Wildman–Crippen MR) is 137 cm³/mol. The Morgan fingerprint density at radius 2 is 1.77 bits per heavy atom. The van der Waals surface area contributed by atoms with E-state index in [0.29, 0.717) is 37.4 Å². The number of fused-ring (bicyclic) bond motifs is 2. The highest BCUT2D eigenvalue weighted by atomic mass is 32.2. The maximum atomic E-state index is 13.4. The minimum atomic E-state index is -3.71. The highest BCUT2D eigenvalue weighted by Gasteiger charge is 2.33. The van der Waals surface area contributed by atoms with Crippen molar-refractivity contribution < 1.29 is 13.2 Å². The van der Waals surface area contributed by atoms with Crippen LogP contribution in [0, 0.1) is 6.92 Å². The molecule has 1 unspecified atom stereocenters. The summed E-state index contributed by atoms with van der Waals surface area (Å²) < 4.78 is 28.4. The van der Waals surface area contributed by atoms with Crippen molar-refractivity contribution in [3.63, 3.8) is 0 Å². The van der Waals surface area contributed by atoms with Gasteiger partial charge >= 0.3 is 0 Å².